The zero-order valence-corrected chi connectivity index (χ0v) is 15.6. The smallest absolute Gasteiger partial charge is 0.231 e. The van der Waals surface area contributed by atoms with E-state index in [-0.39, 0.29) is 0 Å². The molecular weight excluding hydrogens is 354 g/mol. The normalized spacial score (nSPS) is 22.5. The predicted octanol–water partition coefficient (Wildman–Crippen LogP) is 4.36. The Hall–Kier alpha value is -2.66. The molecule has 4 heterocycles. The second kappa shape index (κ2) is 5.45. The Bertz CT molecular complexity index is 1060. The minimum atomic E-state index is 0.298. The van der Waals surface area contributed by atoms with Gasteiger partial charge in [0, 0.05) is 12.6 Å². The van der Waals surface area contributed by atoms with Crippen LogP contribution in [0, 0.1) is 0 Å². The van der Waals surface area contributed by atoms with E-state index >= 15 is 0 Å². The van der Waals surface area contributed by atoms with Gasteiger partial charge >= 0.3 is 0 Å². The molecule has 0 aromatic heterocycles. The van der Waals surface area contributed by atoms with Gasteiger partial charge in [0.2, 0.25) is 13.6 Å². The number of rotatable bonds is 0. The first-order chi connectivity index (χ1) is 13.8. The van der Waals surface area contributed by atoms with Crippen molar-refractivity contribution in [2.24, 2.45) is 0 Å². The highest BCUT2D eigenvalue weighted by Gasteiger charge is 2.32. The summed E-state index contributed by atoms with van der Waals surface area (Å²) in [6, 6.07) is 9.32. The highest BCUT2D eigenvalue weighted by Crippen LogP contribution is 2.47. The second-order valence-corrected chi connectivity index (χ2v) is 8.28. The fourth-order valence-corrected chi connectivity index (χ4v) is 5.51. The lowest BCUT2D eigenvalue weighted by Gasteiger charge is -2.41. The third-order valence-corrected chi connectivity index (χ3v) is 6.88. The van der Waals surface area contributed by atoms with Crippen molar-refractivity contribution in [1.82, 2.24) is 4.90 Å². The summed E-state index contributed by atoms with van der Waals surface area (Å²) >= 11 is 0. The van der Waals surface area contributed by atoms with Crippen molar-refractivity contribution >= 4 is 21.5 Å². The van der Waals surface area contributed by atoms with E-state index in [1.807, 2.05) is 0 Å². The van der Waals surface area contributed by atoms with Crippen LogP contribution in [0.3, 0.4) is 0 Å². The van der Waals surface area contributed by atoms with E-state index in [0.717, 1.165) is 36.0 Å². The molecule has 1 saturated heterocycles. The lowest BCUT2D eigenvalue weighted by atomic mass is 9.82. The Morgan fingerprint density at radius 1 is 0.679 bits per heavy atom. The van der Waals surface area contributed by atoms with E-state index in [9.17, 15) is 0 Å². The van der Waals surface area contributed by atoms with Crippen LogP contribution in [0.15, 0.2) is 24.3 Å². The number of benzene rings is 3. The van der Waals surface area contributed by atoms with Gasteiger partial charge in [-0.1, -0.05) is 6.42 Å². The highest BCUT2D eigenvalue weighted by atomic mass is 16.7. The lowest BCUT2D eigenvalue weighted by molar-refractivity contribution is 0.128. The molecule has 4 aliphatic heterocycles. The van der Waals surface area contributed by atoms with Crippen molar-refractivity contribution in [1.29, 1.82) is 0 Å². The van der Waals surface area contributed by atoms with Crippen LogP contribution >= 0.6 is 0 Å². The maximum atomic E-state index is 5.71. The molecule has 0 spiro atoms. The average molecular weight is 375 g/mol. The van der Waals surface area contributed by atoms with E-state index < -0.39 is 0 Å². The largest absolute Gasteiger partial charge is 0.454 e. The zero-order chi connectivity index (χ0) is 18.2. The highest BCUT2D eigenvalue weighted by molar-refractivity contribution is 6.13. The third kappa shape index (κ3) is 2.00. The minimum Gasteiger partial charge on any atom is -0.454 e. The fraction of sp³-hybridized carbons (Fsp3) is 0.391. The quantitative estimate of drug-likeness (QED) is 0.546. The summed E-state index contributed by atoms with van der Waals surface area (Å²) in [4.78, 5) is 2.68. The number of hydrogen-bond acceptors (Lipinski definition) is 5. The topological polar surface area (TPSA) is 40.2 Å². The van der Waals surface area contributed by atoms with Gasteiger partial charge in [0.25, 0.3) is 0 Å². The average Bonchev–Trinajstić information content (AvgIpc) is 3.38. The van der Waals surface area contributed by atoms with E-state index in [1.165, 1.54) is 58.5 Å². The Morgan fingerprint density at radius 2 is 1.25 bits per heavy atom. The first-order valence-electron chi connectivity index (χ1n) is 10.2. The summed E-state index contributed by atoms with van der Waals surface area (Å²) in [6.45, 7) is 2.82. The second-order valence-electron chi connectivity index (χ2n) is 8.28. The first kappa shape index (κ1) is 15.3. The maximum absolute atomic E-state index is 5.71. The van der Waals surface area contributed by atoms with Gasteiger partial charge < -0.3 is 18.9 Å². The monoisotopic (exact) mass is 375 g/mol. The van der Waals surface area contributed by atoms with Gasteiger partial charge in [0.1, 0.15) is 0 Å². The third-order valence-electron chi connectivity index (χ3n) is 6.88. The number of ether oxygens (including phenoxy) is 4. The standard InChI is InChI=1S/C23H21NO4/c1-2-4-24-10-19-14(5-13(24)3-1)15-6-20-21(26-11-25-20)7-16(15)17-8-22-23(9-18(17)19)28-12-27-22/h6-9,13H,1-5,10-12H2. The number of hydrogen-bond donors (Lipinski definition) is 0. The summed E-state index contributed by atoms with van der Waals surface area (Å²) < 4.78 is 22.8. The molecule has 0 amide bonds. The van der Waals surface area contributed by atoms with E-state index in [0.29, 0.717) is 19.6 Å². The number of piperidine rings is 1. The van der Waals surface area contributed by atoms with Crippen LogP contribution < -0.4 is 18.9 Å². The molecule has 28 heavy (non-hydrogen) atoms. The van der Waals surface area contributed by atoms with Crippen LogP contribution in [-0.2, 0) is 13.0 Å². The van der Waals surface area contributed by atoms with Crippen LogP contribution in [-0.4, -0.2) is 31.1 Å². The summed E-state index contributed by atoms with van der Waals surface area (Å²) in [5.41, 5.74) is 2.92. The molecule has 0 saturated carbocycles. The van der Waals surface area contributed by atoms with E-state index in [2.05, 4.69) is 29.2 Å². The summed E-state index contributed by atoms with van der Waals surface area (Å²) in [5.74, 6) is 3.39. The molecule has 0 aliphatic carbocycles. The molecule has 3 aromatic rings. The van der Waals surface area contributed by atoms with Crippen LogP contribution in [0.5, 0.6) is 23.0 Å². The molecule has 1 unspecified atom stereocenters. The van der Waals surface area contributed by atoms with Gasteiger partial charge in [-0.25, -0.2) is 0 Å². The van der Waals surface area contributed by atoms with Crippen molar-refractivity contribution in [3.05, 3.63) is 35.4 Å². The number of nitrogens with zero attached hydrogens (tertiary/aromatic N) is 1. The van der Waals surface area contributed by atoms with Gasteiger partial charge in [-0.3, -0.25) is 4.90 Å². The van der Waals surface area contributed by atoms with Crippen molar-refractivity contribution in [2.75, 3.05) is 20.1 Å². The Kier molecular flexibility index (Phi) is 2.97. The maximum Gasteiger partial charge on any atom is 0.231 e. The van der Waals surface area contributed by atoms with Gasteiger partial charge in [-0.2, -0.15) is 0 Å². The predicted molar refractivity (Wildman–Crippen MR) is 105 cm³/mol. The van der Waals surface area contributed by atoms with E-state index in [1.54, 1.807) is 0 Å². The number of fused-ring (bicyclic) bond motifs is 9. The van der Waals surface area contributed by atoms with Crippen LogP contribution in [0.1, 0.15) is 30.4 Å². The van der Waals surface area contributed by atoms with Gasteiger partial charge in [-0.05, 0) is 82.7 Å². The molecule has 0 N–H and O–H groups in total. The summed E-state index contributed by atoms with van der Waals surface area (Å²) in [7, 11) is 0. The molecule has 5 heteroatoms. The molecule has 1 atom stereocenters. The summed E-state index contributed by atoms with van der Waals surface area (Å²) in [6.07, 6.45) is 5.05. The molecule has 3 aromatic carbocycles. The molecule has 5 nitrogen and oxygen atoms in total. The molecule has 142 valence electrons. The van der Waals surface area contributed by atoms with Gasteiger partial charge in [0.15, 0.2) is 23.0 Å². The fourth-order valence-electron chi connectivity index (χ4n) is 5.51. The summed E-state index contributed by atoms with van der Waals surface area (Å²) in [5, 5.41) is 5.03. The van der Waals surface area contributed by atoms with Crippen LogP contribution in [0.4, 0.5) is 0 Å². The Labute approximate surface area is 162 Å². The molecular formula is C23H21NO4. The van der Waals surface area contributed by atoms with Gasteiger partial charge in [0.05, 0.1) is 0 Å². The minimum absolute atomic E-state index is 0.298. The molecule has 0 radical (unpaired) electrons. The van der Waals surface area contributed by atoms with Crippen molar-refractivity contribution in [3.63, 3.8) is 0 Å². The molecule has 0 bridgehead atoms. The Morgan fingerprint density at radius 3 is 1.89 bits per heavy atom. The van der Waals surface area contributed by atoms with Crippen molar-refractivity contribution < 1.29 is 18.9 Å². The lowest BCUT2D eigenvalue weighted by Crippen LogP contribution is -2.43. The molecule has 7 rings (SSSR count). The van der Waals surface area contributed by atoms with Gasteiger partial charge in [-0.15, -0.1) is 0 Å². The SMILES string of the molecule is c1c2c(cc3c1c1c(c4cc5c(cc43)OCO5)CN3CCCCC3C1)OCO2. The van der Waals surface area contributed by atoms with Crippen LogP contribution in [0.2, 0.25) is 0 Å². The first-order valence-corrected chi connectivity index (χ1v) is 10.2. The molecule has 1 fully saturated rings. The zero-order valence-electron chi connectivity index (χ0n) is 15.6. The van der Waals surface area contributed by atoms with Crippen molar-refractivity contribution in [2.45, 2.75) is 38.3 Å². The Balaban J connectivity index is 1.58. The molecule has 4 aliphatic rings. The van der Waals surface area contributed by atoms with Crippen molar-refractivity contribution in [3.8, 4) is 23.0 Å². The van der Waals surface area contributed by atoms with Crippen LogP contribution in [0.25, 0.3) is 21.5 Å². The van der Waals surface area contributed by atoms with E-state index in [4.69, 9.17) is 18.9 Å².